The first-order valence-corrected chi connectivity index (χ1v) is 4.70. The smallest absolute Gasteiger partial charge is 0.267 e. The quantitative estimate of drug-likeness (QED) is 0.462. The van der Waals surface area contributed by atoms with Gasteiger partial charge in [-0.25, -0.2) is 0 Å². The molecule has 0 aromatic rings. The van der Waals surface area contributed by atoms with Crippen LogP contribution in [-0.2, 0) is 18.4 Å². The highest BCUT2D eigenvalue weighted by Gasteiger charge is 2.04. The van der Waals surface area contributed by atoms with Gasteiger partial charge in [0.25, 0.3) is 7.82 Å². The Labute approximate surface area is 70.5 Å². The second kappa shape index (κ2) is 5.27. The van der Waals surface area contributed by atoms with E-state index in [0.29, 0.717) is 0 Å². The average molecular weight is 196 g/mol. The van der Waals surface area contributed by atoms with Crippen LogP contribution < -0.4 is 10.2 Å². The molecule has 0 saturated carbocycles. The Morgan fingerprint density at radius 3 is 2.67 bits per heavy atom. The third kappa shape index (κ3) is 6.30. The van der Waals surface area contributed by atoms with Crippen molar-refractivity contribution in [3.63, 3.8) is 0 Å². The van der Waals surface area contributed by atoms with Gasteiger partial charge in [0.2, 0.25) is 5.91 Å². The van der Waals surface area contributed by atoms with Gasteiger partial charge in [-0.15, -0.1) is 0 Å². The molecule has 0 aliphatic heterocycles. The molecular weight excluding hydrogens is 185 g/mol. The monoisotopic (exact) mass is 196 g/mol. The Morgan fingerprint density at radius 2 is 2.25 bits per heavy atom. The second-order valence-electron chi connectivity index (χ2n) is 1.95. The van der Waals surface area contributed by atoms with Gasteiger partial charge in [0.05, 0.1) is 6.61 Å². The van der Waals surface area contributed by atoms with Crippen molar-refractivity contribution in [2.24, 2.45) is 0 Å². The second-order valence-corrected chi connectivity index (χ2v) is 3.46. The molecule has 0 aliphatic rings. The number of hydrogen-bond donors (Lipinski definition) is 1. The summed E-state index contributed by atoms with van der Waals surface area (Å²) in [5.74, 6) is -0.239. The Morgan fingerprint density at radius 1 is 1.67 bits per heavy atom. The highest BCUT2D eigenvalue weighted by atomic mass is 31.2. The molecule has 0 saturated heterocycles. The zero-order valence-corrected chi connectivity index (χ0v) is 7.80. The molecule has 72 valence electrons. The number of hydrogen-bond acceptors (Lipinski definition) is 5. The third-order valence-electron chi connectivity index (χ3n) is 0.949. The van der Waals surface area contributed by atoms with Crippen LogP contribution in [0.5, 0.6) is 0 Å². The molecule has 0 radical (unpaired) electrons. The van der Waals surface area contributed by atoms with Crippen molar-refractivity contribution in [2.45, 2.75) is 6.92 Å². The first-order chi connectivity index (χ1) is 5.48. The summed E-state index contributed by atoms with van der Waals surface area (Å²) < 4.78 is 18.8. The minimum atomic E-state index is -4.13. The van der Waals surface area contributed by atoms with E-state index in [4.69, 9.17) is 0 Å². The van der Waals surface area contributed by atoms with Gasteiger partial charge in [0.15, 0.2) is 0 Å². The molecule has 7 heteroatoms. The molecule has 1 atom stereocenters. The van der Waals surface area contributed by atoms with E-state index in [1.54, 1.807) is 0 Å². The first-order valence-electron chi connectivity index (χ1n) is 3.23. The van der Waals surface area contributed by atoms with Gasteiger partial charge in [0, 0.05) is 20.6 Å². The van der Waals surface area contributed by atoms with Crippen molar-refractivity contribution < 1.29 is 23.3 Å². The van der Waals surface area contributed by atoms with Crippen LogP contribution in [0, 0.1) is 0 Å². The third-order valence-corrected chi connectivity index (χ3v) is 1.90. The maximum Gasteiger partial charge on any atom is 0.267 e. The van der Waals surface area contributed by atoms with Crippen molar-refractivity contribution >= 4 is 13.7 Å². The largest absolute Gasteiger partial charge is 0.756 e. The molecule has 0 aromatic heterocycles. The van der Waals surface area contributed by atoms with Crippen molar-refractivity contribution in [3.05, 3.63) is 0 Å². The lowest BCUT2D eigenvalue weighted by Crippen LogP contribution is -2.24. The summed E-state index contributed by atoms with van der Waals surface area (Å²) in [4.78, 5) is 20.8. The van der Waals surface area contributed by atoms with Crippen LogP contribution in [0.4, 0.5) is 0 Å². The van der Waals surface area contributed by atoms with Crippen molar-refractivity contribution in [2.75, 3.05) is 20.3 Å². The summed E-state index contributed by atoms with van der Waals surface area (Å²) in [6, 6.07) is 0. The number of phosphoric ester groups is 1. The Kier molecular flexibility index (Phi) is 5.08. The maximum atomic E-state index is 10.5. The fourth-order valence-electron chi connectivity index (χ4n) is 0.437. The predicted octanol–water partition coefficient (Wildman–Crippen LogP) is -0.746. The standard InChI is InChI=1S/C5H12NO5P/c1-5(7)6-3-4-11-12(8,9)10-2/h3-4H2,1-2H3,(H,6,7)(H,8,9)/p-1. The molecule has 1 amide bonds. The lowest BCUT2D eigenvalue weighted by Gasteiger charge is -2.19. The average Bonchev–Trinajstić information content (AvgIpc) is 1.98. The number of nitrogens with one attached hydrogen (secondary N) is 1. The molecule has 12 heavy (non-hydrogen) atoms. The maximum absolute atomic E-state index is 10.5. The SMILES string of the molecule is COP(=O)([O-])OCCNC(C)=O. The van der Waals surface area contributed by atoms with Gasteiger partial charge in [0.1, 0.15) is 0 Å². The van der Waals surface area contributed by atoms with E-state index in [1.165, 1.54) is 6.92 Å². The molecule has 0 heterocycles. The van der Waals surface area contributed by atoms with E-state index in [0.717, 1.165) is 7.11 Å². The van der Waals surface area contributed by atoms with Gasteiger partial charge < -0.3 is 19.3 Å². The van der Waals surface area contributed by atoms with Crippen molar-refractivity contribution in [1.82, 2.24) is 5.32 Å². The molecule has 0 bridgehead atoms. The van der Waals surface area contributed by atoms with E-state index in [1.807, 2.05) is 0 Å². The van der Waals surface area contributed by atoms with Crippen LogP contribution in [0.2, 0.25) is 0 Å². The zero-order valence-electron chi connectivity index (χ0n) is 6.90. The molecule has 0 aromatic carbocycles. The number of amides is 1. The van der Waals surface area contributed by atoms with E-state index in [2.05, 4.69) is 14.4 Å². The molecule has 6 nitrogen and oxygen atoms in total. The molecule has 1 N–H and O–H groups in total. The van der Waals surface area contributed by atoms with Gasteiger partial charge in [-0.3, -0.25) is 9.36 Å². The fourth-order valence-corrected chi connectivity index (χ4v) is 0.858. The number of rotatable bonds is 5. The first kappa shape index (κ1) is 11.6. The summed E-state index contributed by atoms with van der Waals surface area (Å²) in [6.07, 6.45) is 0. The van der Waals surface area contributed by atoms with Crippen LogP contribution in [0.25, 0.3) is 0 Å². The minimum Gasteiger partial charge on any atom is -0.756 e. The van der Waals surface area contributed by atoms with Gasteiger partial charge in [-0.1, -0.05) is 0 Å². The Bertz CT molecular complexity index is 194. The van der Waals surface area contributed by atoms with Gasteiger partial charge >= 0.3 is 0 Å². The zero-order chi connectivity index (χ0) is 9.61. The Balaban J connectivity index is 3.44. The van der Waals surface area contributed by atoms with Crippen molar-refractivity contribution in [1.29, 1.82) is 0 Å². The normalized spacial score (nSPS) is 15.2. The molecular formula is C5H11NO5P-. The summed E-state index contributed by atoms with van der Waals surface area (Å²) in [7, 11) is -3.13. The van der Waals surface area contributed by atoms with E-state index < -0.39 is 7.82 Å². The number of phosphoric acid groups is 1. The Hall–Kier alpha value is -0.420. The number of carbonyl (C=O) groups is 1. The van der Waals surface area contributed by atoms with E-state index in [-0.39, 0.29) is 19.1 Å². The summed E-state index contributed by atoms with van der Waals surface area (Å²) in [5.41, 5.74) is 0. The molecule has 0 spiro atoms. The fraction of sp³-hybridized carbons (Fsp3) is 0.800. The summed E-state index contributed by atoms with van der Waals surface area (Å²) in [5, 5.41) is 2.36. The predicted molar refractivity (Wildman–Crippen MR) is 39.3 cm³/mol. The van der Waals surface area contributed by atoms with Crippen LogP contribution in [0.1, 0.15) is 6.92 Å². The van der Waals surface area contributed by atoms with Crippen LogP contribution in [0.15, 0.2) is 0 Å². The molecule has 0 rings (SSSR count). The van der Waals surface area contributed by atoms with Crippen molar-refractivity contribution in [3.8, 4) is 0 Å². The summed E-state index contributed by atoms with van der Waals surface area (Å²) >= 11 is 0. The van der Waals surface area contributed by atoms with Crippen LogP contribution >= 0.6 is 7.82 Å². The lowest BCUT2D eigenvalue weighted by atomic mass is 10.6. The topological polar surface area (TPSA) is 87.7 Å². The van der Waals surface area contributed by atoms with Gasteiger partial charge in [-0.2, -0.15) is 0 Å². The van der Waals surface area contributed by atoms with Crippen LogP contribution in [0.3, 0.4) is 0 Å². The lowest BCUT2D eigenvalue weighted by molar-refractivity contribution is -0.222. The molecule has 1 unspecified atom stereocenters. The minimum absolute atomic E-state index is 0.117. The van der Waals surface area contributed by atoms with E-state index >= 15 is 0 Å². The highest BCUT2D eigenvalue weighted by Crippen LogP contribution is 2.36. The van der Waals surface area contributed by atoms with E-state index in [9.17, 15) is 14.3 Å². The highest BCUT2D eigenvalue weighted by molar-refractivity contribution is 7.45. The number of carbonyl (C=O) groups excluding carboxylic acids is 1. The molecule has 0 aliphatic carbocycles. The summed E-state index contributed by atoms with van der Waals surface area (Å²) in [6.45, 7) is 1.35. The van der Waals surface area contributed by atoms with Gasteiger partial charge in [-0.05, 0) is 0 Å². The molecule has 0 fully saturated rings. The van der Waals surface area contributed by atoms with Crippen LogP contribution in [-0.4, -0.2) is 26.2 Å².